The number of nitrogens with two attached hydrogens (primary N) is 6. The van der Waals surface area contributed by atoms with Crippen LogP contribution in [0.15, 0.2) is 222 Å². The minimum absolute atomic E-state index is 0.0338. The standard InChI is InChI=1S/C105H162N20O16/c1-71(111)51-91(126)116-81(41-21-26-46-106)61-100(135)121-86(56-76-31-11-6-12-32-76)66-96(131)112-72(2)52-92(127)117-82(42-22-27-47-107)62-101(136)122-87(57-77-33-13-7-14-34-77)67-97(132)113-73(3)53-93(128)118-83(43-23-28-48-108)63-102(137)123-88(58-78-35-15-8-16-36-78)68-98(133)114-74(4)54-94(129)119-84(44-24-29-49-109)64-103(138)124-89(59-79-37-17-9-18-38-79)69-99(134)115-75(5)55-95(130)120-85(45-25-30-50-110)65-104(139)125-90(70-105(140)141)60-80-39-19-10-20-40-80/h6-20,31-40,71-75,81-90H,21-30,41-70,106-111H2,1-5H3,(H,112,131)(H,113,132)(H,114,133)(H,115,134)(H,116,126)(H,117,127)(H,118,128)(H,119,129)(H,120,130)(H,121,135)(H,122,136)(H,123,137)(H,124,138)(H,125,139)(H,140,141). The van der Waals surface area contributed by atoms with Gasteiger partial charge in [-0.2, -0.15) is 0 Å². The Balaban J connectivity index is 1.30. The molecule has 0 spiro atoms. The summed E-state index contributed by atoms with van der Waals surface area (Å²) in [5, 5.41) is 170. The number of aliphatic hydroxyl groups excluding tert-OH is 14. The Bertz CT molecular complexity index is 4770. The van der Waals surface area contributed by atoms with E-state index in [1.54, 1.807) is 34.6 Å². The molecular weight excluding hydrogens is 1800 g/mol. The number of aliphatic carboxylic acids is 1. The summed E-state index contributed by atoms with van der Waals surface area (Å²) >= 11 is 0. The molecule has 141 heavy (non-hydrogen) atoms. The number of hydrogen-bond donors (Lipinski definition) is 21. The summed E-state index contributed by atoms with van der Waals surface area (Å²) in [4.78, 5) is 75.8. The Hall–Kier alpha value is -12.1. The maximum absolute atomic E-state index is 11.8. The molecule has 0 saturated carbocycles. The van der Waals surface area contributed by atoms with Gasteiger partial charge in [0.05, 0.1) is 91.0 Å². The largest absolute Gasteiger partial charge is 0.497 e. The average Bonchev–Trinajstić information content (AvgIpc) is 0.890. The van der Waals surface area contributed by atoms with Crippen molar-refractivity contribution in [2.45, 2.75) is 350 Å². The van der Waals surface area contributed by atoms with Crippen LogP contribution in [0.25, 0.3) is 0 Å². The van der Waals surface area contributed by atoms with Crippen molar-refractivity contribution < 1.29 is 81.4 Å². The quantitative estimate of drug-likeness (QED) is 0.00976. The Morgan fingerprint density at radius 3 is 0.525 bits per heavy atom. The first-order valence-corrected chi connectivity index (χ1v) is 49.9. The molecular formula is C105H162N20O16. The zero-order valence-corrected chi connectivity index (χ0v) is 83.2. The molecule has 27 N–H and O–H groups in total. The third-order valence-electron chi connectivity index (χ3n) is 22.9. The van der Waals surface area contributed by atoms with E-state index < -0.39 is 90.6 Å². The summed E-state index contributed by atoms with van der Waals surface area (Å²) in [5.41, 5.74) is 39.6. The summed E-state index contributed by atoms with van der Waals surface area (Å²) < 4.78 is 0. The molecule has 0 heterocycles. The van der Waals surface area contributed by atoms with E-state index in [2.05, 4.69) is 59.9 Å². The zero-order chi connectivity index (χ0) is 103. The lowest BCUT2D eigenvalue weighted by molar-refractivity contribution is -0.137. The average molecular weight is 1960 g/mol. The summed E-state index contributed by atoms with van der Waals surface area (Å²) in [7, 11) is 0. The Morgan fingerprint density at radius 1 is 0.206 bits per heavy atom. The molecule has 0 saturated heterocycles. The number of rotatable bonds is 74. The molecule has 5 rings (SSSR count). The van der Waals surface area contributed by atoms with E-state index in [0.29, 0.717) is 129 Å². The number of benzene rings is 5. The monoisotopic (exact) mass is 1960 g/mol. The zero-order valence-electron chi connectivity index (χ0n) is 83.2. The van der Waals surface area contributed by atoms with Crippen molar-refractivity contribution in [3.05, 3.63) is 179 Å². The van der Waals surface area contributed by atoms with Gasteiger partial charge in [0, 0.05) is 95.9 Å². The third kappa shape index (κ3) is 56.8. The predicted molar refractivity (Wildman–Crippen MR) is 572 cm³/mol. The van der Waals surface area contributed by atoms with E-state index in [4.69, 9.17) is 44.4 Å². The Labute approximate surface area is 832 Å². The van der Waals surface area contributed by atoms with Gasteiger partial charge in [0.15, 0.2) is 82.6 Å². The van der Waals surface area contributed by atoms with Crippen LogP contribution in [0.3, 0.4) is 0 Å². The second kappa shape index (κ2) is 69.7. The van der Waals surface area contributed by atoms with E-state index in [9.17, 15) is 81.4 Å². The van der Waals surface area contributed by atoms with Crippen molar-refractivity contribution in [1.29, 1.82) is 0 Å². The van der Waals surface area contributed by atoms with E-state index >= 15 is 0 Å². The van der Waals surface area contributed by atoms with Gasteiger partial charge >= 0.3 is 5.97 Å². The summed E-state index contributed by atoms with van der Waals surface area (Å²) in [5.74, 6) is -4.89. The highest BCUT2D eigenvalue weighted by molar-refractivity contribution is 5.84. The van der Waals surface area contributed by atoms with Crippen LogP contribution in [0, 0.1) is 0 Å². The molecule has 15 unspecified atom stereocenters. The molecule has 36 heteroatoms. The molecule has 0 aliphatic carbocycles. The molecule has 778 valence electrons. The van der Waals surface area contributed by atoms with Gasteiger partial charge in [-0.1, -0.05) is 184 Å². The fourth-order valence-corrected chi connectivity index (χ4v) is 16.4. The van der Waals surface area contributed by atoms with Crippen molar-refractivity contribution in [3.63, 3.8) is 0 Å². The van der Waals surface area contributed by atoms with Crippen molar-refractivity contribution in [2.75, 3.05) is 32.7 Å². The normalized spacial score (nSPS) is 17.0. The molecule has 0 amide bonds. The molecule has 0 fully saturated rings. The lowest BCUT2D eigenvalue weighted by Gasteiger charge is -2.17. The topological polar surface area (TPSA) is 650 Å². The number of nitrogens with zero attached hydrogens (tertiary/aromatic N) is 14. The van der Waals surface area contributed by atoms with Gasteiger partial charge in [0.1, 0.15) is 0 Å². The first-order chi connectivity index (χ1) is 67.6. The van der Waals surface area contributed by atoms with Crippen LogP contribution in [0.5, 0.6) is 0 Å². The predicted octanol–water partition coefficient (Wildman–Crippen LogP) is 16.8. The van der Waals surface area contributed by atoms with Gasteiger partial charge in [0.2, 0.25) is 0 Å². The van der Waals surface area contributed by atoms with Crippen molar-refractivity contribution >= 4 is 88.5 Å². The van der Waals surface area contributed by atoms with Gasteiger partial charge in [-0.25, -0.2) is 0 Å². The van der Waals surface area contributed by atoms with E-state index in [1.807, 2.05) is 152 Å². The van der Waals surface area contributed by atoms with Crippen molar-refractivity contribution in [3.8, 4) is 0 Å². The first-order valence-electron chi connectivity index (χ1n) is 49.9. The number of carbonyl (C=O) groups is 1. The van der Waals surface area contributed by atoms with E-state index in [1.165, 1.54) is 0 Å². The SMILES string of the molecule is CC(N)CC(O)=NC(CCCCN)CC(O)=NC(CC(O)=NC(C)CC(O)=NC(CCCCN)CC(O)=NC(CC(O)=NC(C)CC(O)=NC(CCCCN)CC(O)=NC(CC(O)=NC(C)CC(O)=NC(CCCCN)CC(O)=NC(CC(O)=NC(C)CC(O)=NC(CCCCN)CC(O)=NC(CC(=O)O)Cc1ccccc1)Cc1ccccc1)Cc1ccccc1)Cc1ccccc1)Cc1ccccc1. The van der Waals surface area contributed by atoms with Crippen LogP contribution in [0.1, 0.15) is 255 Å². The van der Waals surface area contributed by atoms with Crippen LogP contribution in [-0.2, 0) is 36.9 Å². The number of carboxylic acid groups (broad SMARTS) is 1. The highest BCUT2D eigenvalue weighted by Gasteiger charge is 2.27. The number of hydrogen-bond acceptors (Lipinski definition) is 21. The minimum atomic E-state index is -1.07. The smallest absolute Gasteiger partial charge is 0.305 e. The minimum Gasteiger partial charge on any atom is -0.497 e. The number of unbranched alkanes of at least 4 members (excludes halogenated alkanes) is 5. The number of carboxylic acids is 1. The lowest BCUT2D eigenvalue weighted by atomic mass is 10.0. The molecule has 0 radical (unpaired) electrons. The maximum Gasteiger partial charge on any atom is 0.305 e. The fourth-order valence-electron chi connectivity index (χ4n) is 16.4. The Morgan fingerprint density at radius 2 is 0.355 bits per heavy atom. The Kier molecular flexibility index (Phi) is 59.0. The molecule has 5 aromatic rings. The van der Waals surface area contributed by atoms with Gasteiger partial charge < -0.3 is 111 Å². The molecule has 36 nitrogen and oxygen atoms in total. The molecule has 0 aliphatic rings. The van der Waals surface area contributed by atoms with E-state index in [0.717, 1.165) is 34.2 Å². The molecule has 0 bridgehead atoms. The highest BCUT2D eigenvalue weighted by atomic mass is 16.4. The van der Waals surface area contributed by atoms with Crippen LogP contribution in [0.2, 0.25) is 0 Å². The molecule has 5 aromatic carbocycles. The van der Waals surface area contributed by atoms with Crippen LogP contribution in [-0.4, -0.2) is 288 Å². The third-order valence-corrected chi connectivity index (χ3v) is 22.9. The van der Waals surface area contributed by atoms with Crippen molar-refractivity contribution in [1.82, 2.24) is 0 Å². The molecule has 0 aromatic heterocycles. The second-order valence-corrected chi connectivity index (χ2v) is 36.9. The number of aliphatic hydroxyl groups is 14. The van der Waals surface area contributed by atoms with Crippen LogP contribution >= 0.6 is 0 Å². The van der Waals surface area contributed by atoms with Gasteiger partial charge in [0.25, 0.3) is 0 Å². The second-order valence-electron chi connectivity index (χ2n) is 36.9. The summed E-state index contributed by atoms with van der Waals surface area (Å²) in [6, 6.07) is 36.9. The summed E-state index contributed by atoms with van der Waals surface area (Å²) in [6.45, 7) is 10.6. The van der Waals surface area contributed by atoms with Crippen LogP contribution in [0.4, 0.5) is 0 Å². The van der Waals surface area contributed by atoms with Crippen molar-refractivity contribution in [2.24, 2.45) is 104 Å². The summed E-state index contributed by atoms with van der Waals surface area (Å²) in [6.07, 6.45) is 8.85. The van der Waals surface area contributed by atoms with Crippen LogP contribution < -0.4 is 34.4 Å². The van der Waals surface area contributed by atoms with Gasteiger partial charge in [-0.3, -0.25) is 74.7 Å². The van der Waals surface area contributed by atoms with Gasteiger partial charge in [-0.15, -0.1) is 0 Å². The fraction of sp³-hybridized carbons (Fsp3) is 0.571. The highest BCUT2D eigenvalue weighted by Crippen LogP contribution is 2.25. The first kappa shape index (κ1) is 119. The number of aliphatic imine (C=N–C) groups is 14. The molecule has 15 atom stereocenters. The molecule has 0 aliphatic heterocycles. The maximum atomic E-state index is 11.8. The van der Waals surface area contributed by atoms with Gasteiger partial charge in [-0.05, 0) is 191 Å². The van der Waals surface area contributed by atoms with E-state index in [-0.39, 0.29) is 211 Å². The lowest BCUT2D eigenvalue weighted by Crippen LogP contribution is -2.23.